The summed E-state index contributed by atoms with van der Waals surface area (Å²) >= 11 is 0. The van der Waals surface area contributed by atoms with E-state index < -0.39 is 0 Å². The number of ether oxygens (including phenoxy) is 1. The van der Waals surface area contributed by atoms with Crippen LogP contribution in [0, 0.1) is 5.41 Å². The molecule has 0 atom stereocenters. The van der Waals surface area contributed by atoms with Crippen LogP contribution in [0.2, 0.25) is 0 Å². The van der Waals surface area contributed by atoms with Crippen LogP contribution < -0.4 is 10.5 Å². The molecule has 0 aliphatic rings. The predicted octanol–water partition coefficient (Wildman–Crippen LogP) is 2.06. The third kappa shape index (κ3) is 2.79. The number of nitrogens with two attached hydrogens (primary N) is 1. The molecule has 0 bridgehead atoms. The van der Waals surface area contributed by atoms with E-state index in [1.807, 2.05) is 19.9 Å². The van der Waals surface area contributed by atoms with Gasteiger partial charge in [0, 0.05) is 0 Å². The van der Waals surface area contributed by atoms with Crippen LogP contribution in [0.3, 0.4) is 0 Å². The van der Waals surface area contributed by atoms with Crippen molar-refractivity contribution in [3.8, 4) is 5.88 Å². The maximum Gasteiger partial charge on any atom is 0.245 e. The summed E-state index contributed by atoms with van der Waals surface area (Å²) in [4.78, 5) is 0. The highest BCUT2D eigenvalue weighted by Crippen LogP contribution is 2.23. The maximum absolute atomic E-state index is 7.75. The zero-order valence-corrected chi connectivity index (χ0v) is 11.6. The number of nitrogens with one attached hydrogen (secondary N) is 1. The largest absolute Gasteiger partial charge is 0.468 e. The topological polar surface area (TPSA) is 98.0 Å². The molecule has 0 saturated carbocycles. The minimum atomic E-state index is -0.0547. The molecule has 0 saturated heterocycles. The van der Waals surface area contributed by atoms with Crippen molar-refractivity contribution >= 4 is 5.84 Å². The summed E-state index contributed by atoms with van der Waals surface area (Å²) in [6.45, 7) is 4.23. The Hall–Kier alpha value is -2.37. The van der Waals surface area contributed by atoms with Gasteiger partial charge in [-0.3, -0.25) is 5.41 Å². The molecule has 6 nitrogen and oxygen atoms in total. The zero-order valence-electron chi connectivity index (χ0n) is 11.6. The van der Waals surface area contributed by atoms with Crippen LogP contribution in [0.15, 0.2) is 22.8 Å². The minimum Gasteiger partial charge on any atom is -0.468 e. The number of amidine groups is 1. The molecule has 2 rings (SSSR count). The van der Waals surface area contributed by atoms with Crippen LogP contribution >= 0.6 is 0 Å². The van der Waals surface area contributed by atoms with Gasteiger partial charge in [-0.2, -0.15) is 5.10 Å². The van der Waals surface area contributed by atoms with Crippen molar-refractivity contribution in [2.75, 3.05) is 0 Å². The SMILES string of the molecule is CCc1nnc(OCc2ccco2)c(C(=N)N)c1CC. The Morgan fingerprint density at radius 2 is 2.15 bits per heavy atom. The van der Waals surface area contributed by atoms with E-state index in [2.05, 4.69) is 10.2 Å². The first-order valence-electron chi connectivity index (χ1n) is 6.55. The van der Waals surface area contributed by atoms with E-state index >= 15 is 0 Å². The van der Waals surface area contributed by atoms with E-state index in [1.165, 1.54) is 0 Å². The first kappa shape index (κ1) is 14.0. The second-order valence-corrected chi connectivity index (χ2v) is 4.29. The van der Waals surface area contributed by atoms with Gasteiger partial charge in [0.15, 0.2) is 0 Å². The van der Waals surface area contributed by atoms with Gasteiger partial charge >= 0.3 is 0 Å². The monoisotopic (exact) mass is 274 g/mol. The summed E-state index contributed by atoms with van der Waals surface area (Å²) in [5.41, 5.74) is 7.98. The summed E-state index contributed by atoms with van der Waals surface area (Å²) in [6, 6.07) is 3.59. The second kappa shape index (κ2) is 6.18. The van der Waals surface area contributed by atoms with Crippen LogP contribution in [0.25, 0.3) is 0 Å². The molecular weight excluding hydrogens is 256 g/mol. The Bertz CT molecular complexity index is 593. The van der Waals surface area contributed by atoms with Gasteiger partial charge in [0.25, 0.3) is 0 Å². The summed E-state index contributed by atoms with van der Waals surface area (Å²) in [7, 11) is 0. The lowest BCUT2D eigenvalue weighted by Crippen LogP contribution is -2.19. The highest BCUT2D eigenvalue weighted by Gasteiger charge is 2.18. The number of nitrogen functional groups attached to an aromatic ring is 1. The van der Waals surface area contributed by atoms with E-state index in [0.29, 0.717) is 11.3 Å². The number of furan rings is 1. The van der Waals surface area contributed by atoms with Crippen LogP contribution in [-0.4, -0.2) is 16.0 Å². The normalized spacial score (nSPS) is 10.5. The summed E-state index contributed by atoms with van der Waals surface area (Å²) in [5, 5.41) is 15.9. The van der Waals surface area contributed by atoms with Gasteiger partial charge in [-0.15, -0.1) is 5.10 Å². The average Bonchev–Trinajstić information content (AvgIpc) is 2.96. The molecule has 6 heteroatoms. The molecule has 2 heterocycles. The zero-order chi connectivity index (χ0) is 14.5. The van der Waals surface area contributed by atoms with Crippen LogP contribution in [0.1, 0.15) is 36.4 Å². The van der Waals surface area contributed by atoms with Crippen molar-refractivity contribution in [3.63, 3.8) is 0 Å². The predicted molar refractivity (Wildman–Crippen MR) is 74.8 cm³/mol. The molecule has 2 aromatic rings. The molecule has 0 unspecified atom stereocenters. The van der Waals surface area contributed by atoms with E-state index in [4.69, 9.17) is 20.3 Å². The Morgan fingerprint density at radius 3 is 2.70 bits per heavy atom. The highest BCUT2D eigenvalue weighted by molar-refractivity contribution is 5.98. The third-order valence-electron chi connectivity index (χ3n) is 3.01. The van der Waals surface area contributed by atoms with Gasteiger partial charge in [0.05, 0.1) is 17.5 Å². The summed E-state index contributed by atoms with van der Waals surface area (Å²) < 4.78 is 10.8. The Kier molecular flexibility index (Phi) is 4.34. The van der Waals surface area contributed by atoms with Crippen molar-refractivity contribution in [2.45, 2.75) is 33.3 Å². The third-order valence-corrected chi connectivity index (χ3v) is 3.01. The standard InChI is InChI=1S/C14H18N4O2/c1-3-10-11(4-2)17-18-14(12(10)13(15)16)20-8-9-6-5-7-19-9/h5-7H,3-4,8H2,1-2H3,(H3,15,16). The Labute approximate surface area is 117 Å². The number of aromatic nitrogens is 2. The molecule has 0 amide bonds. The van der Waals surface area contributed by atoms with Crippen molar-refractivity contribution in [1.82, 2.24) is 10.2 Å². The van der Waals surface area contributed by atoms with Crippen LogP contribution in [-0.2, 0) is 19.4 Å². The first-order valence-corrected chi connectivity index (χ1v) is 6.55. The van der Waals surface area contributed by atoms with Crippen molar-refractivity contribution in [1.29, 1.82) is 5.41 Å². The highest BCUT2D eigenvalue weighted by atomic mass is 16.5. The van der Waals surface area contributed by atoms with Crippen molar-refractivity contribution in [2.24, 2.45) is 5.73 Å². The lowest BCUT2D eigenvalue weighted by molar-refractivity contribution is 0.256. The molecule has 0 aromatic carbocycles. The Balaban J connectivity index is 2.34. The molecule has 0 aliphatic carbocycles. The van der Waals surface area contributed by atoms with Crippen molar-refractivity contribution in [3.05, 3.63) is 41.0 Å². The quantitative estimate of drug-likeness (QED) is 0.620. The first-order chi connectivity index (χ1) is 9.67. The molecular formula is C14H18N4O2. The van der Waals surface area contributed by atoms with Crippen LogP contribution in [0.5, 0.6) is 5.88 Å². The van der Waals surface area contributed by atoms with E-state index in [-0.39, 0.29) is 18.3 Å². The minimum absolute atomic E-state index is 0.0547. The number of hydrogen-bond donors (Lipinski definition) is 2. The lowest BCUT2D eigenvalue weighted by Gasteiger charge is -2.14. The van der Waals surface area contributed by atoms with E-state index in [1.54, 1.807) is 12.3 Å². The maximum atomic E-state index is 7.75. The van der Waals surface area contributed by atoms with Gasteiger partial charge < -0.3 is 14.9 Å². The smallest absolute Gasteiger partial charge is 0.245 e. The van der Waals surface area contributed by atoms with Gasteiger partial charge in [0.1, 0.15) is 18.2 Å². The van der Waals surface area contributed by atoms with E-state index in [9.17, 15) is 0 Å². The number of aryl methyl sites for hydroxylation is 1. The summed E-state index contributed by atoms with van der Waals surface area (Å²) in [5.74, 6) is 0.905. The number of hydrogen-bond acceptors (Lipinski definition) is 5. The fourth-order valence-corrected chi connectivity index (χ4v) is 2.07. The van der Waals surface area contributed by atoms with Gasteiger partial charge in [-0.25, -0.2) is 0 Å². The molecule has 0 spiro atoms. The summed E-state index contributed by atoms with van der Waals surface area (Å²) in [6.07, 6.45) is 3.05. The fraction of sp³-hybridized carbons (Fsp3) is 0.357. The van der Waals surface area contributed by atoms with Gasteiger partial charge in [-0.1, -0.05) is 13.8 Å². The van der Waals surface area contributed by atoms with Crippen molar-refractivity contribution < 1.29 is 9.15 Å². The fourth-order valence-electron chi connectivity index (χ4n) is 2.07. The number of rotatable bonds is 6. The second-order valence-electron chi connectivity index (χ2n) is 4.29. The lowest BCUT2D eigenvalue weighted by atomic mass is 10.0. The van der Waals surface area contributed by atoms with E-state index in [0.717, 1.165) is 24.1 Å². The molecule has 0 aliphatic heterocycles. The number of nitrogens with zero attached hydrogens (tertiary/aromatic N) is 2. The molecule has 2 aromatic heterocycles. The van der Waals surface area contributed by atoms with Gasteiger partial charge in [-0.05, 0) is 30.5 Å². The molecule has 3 N–H and O–H groups in total. The van der Waals surface area contributed by atoms with Crippen LogP contribution in [0.4, 0.5) is 0 Å². The van der Waals surface area contributed by atoms with Gasteiger partial charge in [0.2, 0.25) is 5.88 Å². The molecule has 0 radical (unpaired) electrons. The molecule has 20 heavy (non-hydrogen) atoms. The molecule has 0 fully saturated rings. The average molecular weight is 274 g/mol. The molecule has 106 valence electrons. The Morgan fingerprint density at radius 1 is 1.35 bits per heavy atom.